The molecule has 0 amide bonds. The second-order valence-electron chi connectivity index (χ2n) is 9.12. The molecule has 5 rings (SSSR count). The fraction of sp³-hybridized carbons (Fsp3) is 0.296. The minimum absolute atomic E-state index is 0.732. The van der Waals surface area contributed by atoms with Crippen molar-refractivity contribution in [3.05, 3.63) is 41.8 Å². The Bertz CT molecular complexity index is 1650. The Balaban J connectivity index is 2.16. The lowest BCUT2D eigenvalue weighted by atomic mass is 9.99. The molecule has 3 aromatic carbocycles. The molecule has 0 unspecified atom stereocenters. The van der Waals surface area contributed by atoms with E-state index >= 15 is 0 Å². The van der Waals surface area contributed by atoms with E-state index in [1.165, 1.54) is 0 Å². The van der Waals surface area contributed by atoms with E-state index < -0.39 is 0 Å². The van der Waals surface area contributed by atoms with Crippen molar-refractivity contribution < 1.29 is 18.3 Å². The number of methoxy groups -OCH3 is 2. The van der Waals surface area contributed by atoms with Crippen LogP contribution in [0.2, 0.25) is 0 Å². The van der Waals surface area contributed by atoms with Crippen molar-refractivity contribution in [2.24, 2.45) is 0 Å². The molecule has 0 aliphatic heterocycles. The van der Waals surface area contributed by atoms with E-state index in [4.69, 9.17) is 18.3 Å². The van der Waals surface area contributed by atoms with Crippen LogP contribution in [0, 0.1) is 0 Å². The number of fused-ring (bicyclic) bond motifs is 4. The highest BCUT2D eigenvalue weighted by Crippen LogP contribution is 2.46. The number of rotatable bonds is 4. The van der Waals surface area contributed by atoms with Gasteiger partial charge in [-0.05, 0) is 0 Å². The molecule has 2 heterocycles. The summed E-state index contributed by atoms with van der Waals surface area (Å²) in [6, 6.07) is 12.3. The van der Waals surface area contributed by atoms with Crippen molar-refractivity contribution >= 4 is 55.3 Å². The highest BCUT2D eigenvalue weighted by atomic mass is 16.5. The predicted molar refractivity (Wildman–Crippen MR) is 140 cm³/mol. The zero-order valence-electron chi connectivity index (χ0n) is 20.9. The van der Waals surface area contributed by atoms with Gasteiger partial charge in [0.1, 0.15) is 47.9 Å². The van der Waals surface area contributed by atoms with Gasteiger partial charge in [-0.2, -0.15) is 0 Å². The first-order valence-electron chi connectivity index (χ1n) is 11.1. The van der Waals surface area contributed by atoms with Gasteiger partial charge in [-0.3, -0.25) is 0 Å². The Hall–Kier alpha value is -3.87. The van der Waals surface area contributed by atoms with Crippen LogP contribution in [0.4, 0.5) is 11.4 Å². The average Bonchev–Trinajstić information content (AvgIpc) is 2.81. The molecule has 0 atom stereocenters. The normalized spacial score (nSPS) is 11.5. The van der Waals surface area contributed by atoms with Crippen LogP contribution >= 0.6 is 0 Å². The zero-order valence-corrected chi connectivity index (χ0v) is 20.9. The zero-order chi connectivity index (χ0) is 24.3. The van der Waals surface area contributed by atoms with Crippen LogP contribution in [0.25, 0.3) is 43.9 Å². The van der Waals surface area contributed by atoms with Crippen LogP contribution in [-0.2, 0) is 0 Å². The number of benzene rings is 3. The summed E-state index contributed by atoms with van der Waals surface area (Å²) >= 11 is 0. The van der Waals surface area contributed by atoms with Gasteiger partial charge >= 0.3 is 0 Å². The Labute approximate surface area is 198 Å². The molecule has 176 valence electrons. The first-order chi connectivity index (χ1) is 16.2. The molecule has 0 saturated carbocycles. The van der Waals surface area contributed by atoms with Gasteiger partial charge in [0.25, 0.3) is 0 Å². The van der Waals surface area contributed by atoms with Gasteiger partial charge in [-0.25, -0.2) is 4.58 Å². The van der Waals surface area contributed by atoms with Gasteiger partial charge < -0.3 is 28.1 Å². The second kappa shape index (κ2) is 7.87. The van der Waals surface area contributed by atoms with Crippen LogP contribution in [-0.4, -0.2) is 56.5 Å². The quantitative estimate of drug-likeness (QED) is 0.221. The molecule has 0 spiro atoms. The minimum Gasteiger partial charge on any atom is -0.496 e. The third kappa shape index (κ3) is 3.22. The third-order valence-electron chi connectivity index (χ3n) is 6.33. The molecule has 0 aliphatic rings. The summed E-state index contributed by atoms with van der Waals surface area (Å²) in [7, 11) is 15.4. The smallest absolute Gasteiger partial charge is 0.206 e. The average molecular weight is 461 g/mol. The Morgan fingerprint density at radius 3 is 1.50 bits per heavy atom. The molecule has 7 heteroatoms. The fourth-order valence-electron chi connectivity index (χ4n) is 4.50. The first kappa shape index (κ1) is 21.9. The molecular weight excluding hydrogens is 430 g/mol. The summed E-state index contributed by atoms with van der Waals surface area (Å²) in [4.78, 5) is 4.08. The molecular formula is C27H30N3O4+. The summed E-state index contributed by atoms with van der Waals surface area (Å²) in [6.07, 6.45) is 0. The van der Waals surface area contributed by atoms with Crippen molar-refractivity contribution in [1.29, 1.82) is 0 Å². The Morgan fingerprint density at radius 1 is 0.588 bits per heavy atom. The first-order valence-corrected chi connectivity index (χ1v) is 11.1. The molecule has 2 aromatic heterocycles. The predicted octanol–water partition coefficient (Wildman–Crippen LogP) is 4.67. The van der Waals surface area contributed by atoms with E-state index in [2.05, 4.69) is 0 Å². The van der Waals surface area contributed by atoms with Gasteiger partial charge in [0.15, 0.2) is 0 Å². The van der Waals surface area contributed by atoms with E-state index in [1.54, 1.807) is 14.2 Å². The molecule has 7 nitrogen and oxygen atoms in total. The SMILES string of the molecule is COc1cc(N(C)C)cc2oc3cc(N(C)C)cc4oc5cc(=[N+](C)C)cc(OC)c5c(c12)c34. The number of hydrogen-bond donors (Lipinski definition) is 0. The Kier molecular flexibility index (Phi) is 5.08. The molecule has 0 aliphatic carbocycles. The van der Waals surface area contributed by atoms with Gasteiger partial charge in [0, 0.05) is 69.2 Å². The molecule has 0 N–H and O–H groups in total. The Morgan fingerprint density at radius 2 is 1.03 bits per heavy atom. The van der Waals surface area contributed by atoms with E-state index in [-0.39, 0.29) is 0 Å². The highest BCUT2D eigenvalue weighted by Gasteiger charge is 2.23. The summed E-state index contributed by atoms with van der Waals surface area (Å²) < 4.78 is 26.9. The molecule has 0 radical (unpaired) electrons. The van der Waals surface area contributed by atoms with Crippen molar-refractivity contribution in [1.82, 2.24) is 4.58 Å². The van der Waals surface area contributed by atoms with Crippen LogP contribution in [0.15, 0.2) is 45.2 Å². The minimum atomic E-state index is 0.732. The van der Waals surface area contributed by atoms with E-state index in [9.17, 15) is 0 Å². The summed E-state index contributed by atoms with van der Waals surface area (Å²) in [5.74, 6) is 1.46. The van der Waals surface area contributed by atoms with Crippen molar-refractivity contribution in [2.45, 2.75) is 0 Å². The third-order valence-corrected chi connectivity index (χ3v) is 6.33. The molecule has 0 fully saturated rings. The lowest BCUT2D eigenvalue weighted by molar-refractivity contribution is 0.418. The maximum atomic E-state index is 6.52. The molecule has 34 heavy (non-hydrogen) atoms. The number of nitrogens with zero attached hydrogens (tertiary/aromatic N) is 3. The summed E-state index contributed by atoms with van der Waals surface area (Å²) in [5, 5.41) is 4.66. The van der Waals surface area contributed by atoms with Crippen LogP contribution in [0.1, 0.15) is 0 Å². The molecule has 0 bridgehead atoms. The second-order valence-corrected chi connectivity index (χ2v) is 9.12. The fourth-order valence-corrected chi connectivity index (χ4v) is 4.50. The number of hydrogen-bond acceptors (Lipinski definition) is 6. The van der Waals surface area contributed by atoms with E-state index in [0.717, 1.165) is 72.1 Å². The summed E-state index contributed by atoms with van der Waals surface area (Å²) in [6.45, 7) is 0. The van der Waals surface area contributed by atoms with E-state index in [0.29, 0.717) is 0 Å². The van der Waals surface area contributed by atoms with Crippen molar-refractivity contribution in [2.75, 3.05) is 66.3 Å². The highest BCUT2D eigenvalue weighted by molar-refractivity contribution is 6.28. The molecule has 5 aromatic rings. The van der Waals surface area contributed by atoms with Gasteiger partial charge in [-0.15, -0.1) is 0 Å². The lowest BCUT2D eigenvalue weighted by Gasteiger charge is -2.20. The standard InChI is InChI=1S/C27H30N3O4/c1-28(2)15-9-18(31-7)24-20(11-15)33-22-13-17(30(5)6)14-23-26(22)27(24)25-19(32-8)10-16(29(3)4)12-21(25)34-23/h9-14H,1-8H3/q+1. The largest absolute Gasteiger partial charge is 0.496 e. The van der Waals surface area contributed by atoms with Crippen LogP contribution < -0.4 is 29.2 Å². The maximum Gasteiger partial charge on any atom is 0.206 e. The van der Waals surface area contributed by atoms with Crippen LogP contribution in [0.3, 0.4) is 0 Å². The maximum absolute atomic E-state index is 6.52. The van der Waals surface area contributed by atoms with Crippen molar-refractivity contribution in [3.8, 4) is 11.5 Å². The topological polar surface area (TPSA) is 54.2 Å². The summed E-state index contributed by atoms with van der Waals surface area (Å²) in [5.41, 5.74) is 4.94. The van der Waals surface area contributed by atoms with E-state index in [1.807, 2.05) is 93.1 Å². The van der Waals surface area contributed by atoms with Gasteiger partial charge in [0.2, 0.25) is 5.36 Å². The van der Waals surface area contributed by atoms with Gasteiger partial charge in [-0.1, -0.05) is 0 Å². The number of anilines is 2. The lowest BCUT2D eigenvalue weighted by Crippen LogP contribution is -2.21. The van der Waals surface area contributed by atoms with Gasteiger partial charge in [0.05, 0.1) is 42.5 Å². The molecule has 0 saturated heterocycles. The monoisotopic (exact) mass is 460 g/mol. The van der Waals surface area contributed by atoms with Crippen LogP contribution in [0.5, 0.6) is 11.5 Å². The van der Waals surface area contributed by atoms with Crippen molar-refractivity contribution in [3.63, 3.8) is 0 Å². The number of ether oxygens (including phenoxy) is 2.